The van der Waals surface area contributed by atoms with Crippen molar-refractivity contribution in [1.82, 2.24) is 4.90 Å². The number of likely N-dealkylation sites (tertiary alicyclic amines) is 1. The number of carbonyl (C=O) groups is 1. The molecule has 1 aromatic rings. The standard InChI is InChI=1S/C19H24F3NO3/c20-19(21,22)16-4-2-1-3-15(16)11-18(17(24)25)6-8-23(9-7-18)12-14-5-10-26-13-14/h1-4,14H,5-13H2,(H,24,25). The smallest absolute Gasteiger partial charge is 0.416 e. The second-order valence-corrected chi connectivity index (χ2v) is 7.45. The molecule has 1 aromatic carbocycles. The molecular formula is C19H24F3NO3. The molecule has 1 N–H and O–H groups in total. The van der Waals surface area contributed by atoms with E-state index in [9.17, 15) is 23.1 Å². The topological polar surface area (TPSA) is 49.8 Å². The molecule has 4 nitrogen and oxygen atoms in total. The number of hydrogen-bond acceptors (Lipinski definition) is 3. The van der Waals surface area contributed by atoms with E-state index in [-0.39, 0.29) is 12.0 Å². The summed E-state index contributed by atoms with van der Waals surface area (Å²) in [6.45, 7) is 3.56. The molecule has 0 aromatic heterocycles. The summed E-state index contributed by atoms with van der Waals surface area (Å²) in [5.74, 6) is -0.531. The number of aliphatic carboxylic acids is 1. The van der Waals surface area contributed by atoms with Gasteiger partial charge >= 0.3 is 12.1 Å². The second-order valence-electron chi connectivity index (χ2n) is 7.45. The third-order valence-corrected chi connectivity index (χ3v) is 5.66. The van der Waals surface area contributed by atoms with Crippen molar-refractivity contribution < 1.29 is 27.8 Å². The van der Waals surface area contributed by atoms with Crippen molar-refractivity contribution in [2.24, 2.45) is 11.3 Å². The van der Waals surface area contributed by atoms with Gasteiger partial charge in [-0.3, -0.25) is 4.79 Å². The normalized spacial score (nSPS) is 23.9. The highest BCUT2D eigenvalue weighted by molar-refractivity contribution is 5.75. The largest absolute Gasteiger partial charge is 0.481 e. The minimum Gasteiger partial charge on any atom is -0.481 e. The number of nitrogens with zero attached hydrogens (tertiary/aromatic N) is 1. The van der Waals surface area contributed by atoms with E-state index in [1.54, 1.807) is 0 Å². The Labute approximate surface area is 150 Å². The maximum absolute atomic E-state index is 13.3. The van der Waals surface area contributed by atoms with Crippen LogP contribution in [-0.4, -0.2) is 48.8 Å². The zero-order chi connectivity index (χ0) is 18.8. The zero-order valence-electron chi connectivity index (χ0n) is 14.6. The van der Waals surface area contributed by atoms with Crippen LogP contribution in [0.4, 0.5) is 13.2 Å². The quantitative estimate of drug-likeness (QED) is 0.861. The van der Waals surface area contributed by atoms with Gasteiger partial charge in [-0.05, 0) is 56.3 Å². The van der Waals surface area contributed by atoms with Gasteiger partial charge in [0.2, 0.25) is 0 Å². The van der Waals surface area contributed by atoms with E-state index in [2.05, 4.69) is 4.90 Å². The van der Waals surface area contributed by atoms with Gasteiger partial charge in [-0.2, -0.15) is 13.2 Å². The van der Waals surface area contributed by atoms with E-state index in [0.29, 0.717) is 31.8 Å². The summed E-state index contributed by atoms with van der Waals surface area (Å²) in [6, 6.07) is 5.30. The molecule has 3 rings (SSSR count). The predicted octanol–water partition coefficient (Wildman–Crippen LogP) is 3.45. The third kappa shape index (κ3) is 4.20. The average molecular weight is 371 g/mol. The van der Waals surface area contributed by atoms with Crippen molar-refractivity contribution in [2.45, 2.75) is 31.9 Å². The van der Waals surface area contributed by atoms with Crippen LogP contribution in [0.2, 0.25) is 0 Å². The number of ether oxygens (including phenoxy) is 1. The van der Waals surface area contributed by atoms with Crippen LogP contribution >= 0.6 is 0 Å². The van der Waals surface area contributed by atoms with Gasteiger partial charge in [0.15, 0.2) is 0 Å². The fourth-order valence-electron chi connectivity index (χ4n) is 4.04. The SMILES string of the molecule is O=C(O)C1(Cc2ccccc2C(F)(F)F)CCN(CC2CCOC2)CC1. The summed E-state index contributed by atoms with van der Waals surface area (Å²) >= 11 is 0. The van der Waals surface area contributed by atoms with Crippen molar-refractivity contribution in [3.05, 3.63) is 35.4 Å². The van der Waals surface area contributed by atoms with E-state index in [1.807, 2.05) is 0 Å². The van der Waals surface area contributed by atoms with Gasteiger partial charge in [0.05, 0.1) is 17.6 Å². The van der Waals surface area contributed by atoms with Gasteiger partial charge in [-0.25, -0.2) is 0 Å². The van der Waals surface area contributed by atoms with Gasteiger partial charge in [-0.1, -0.05) is 18.2 Å². The maximum Gasteiger partial charge on any atom is 0.416 e. The molecule has 26 heavy (non-hydrogen) atoms. The van der Waals surface area contributed by atoms with Crippen molar-refractivity contribution >= 4 is 5.97 Å². The molecule has 144 valence electrons. The Morgan fingerprint density at radius 3 is 2.54 bits per heavy atom. The average Bonchev–Trinajstić information content (AvgIpc) is 3.09. The summed E-state index contributed by atoms with van der Waals surface area (Å²) in [4.78, 5) is 14.2. The van der Waals surface area contributed by atoms with Crippen LogP contribution in [0.1, 0.15) is 30.4 Å². The van der Waals surface area contributed by atoms with E-state index in [0.717, 1.165) is 32.2 Å². The van der Waals surface area contributed by atoms with Crippen molar-refractivity contribution in [1.29, 1.82) is 0 Å². The molecule has 0 aliphatic carbocycles. The Bertz CT molecular complexity index is 633. The molecule has 2 saturated heterocycles. The molecule has 2 aliphatic rings. The number of halogens is 3. The Hall–Kier alpha value is -1.60. The van der Waals surface area contributed by atoms with Crippen LogP contribution < -0.4 is 0 Å². The highest BCUT2D eigenvalue weighted by atomic mass is 19.4. The minimum atomic E-state index is -4.47. The number of rotatable bonds is 5. The Morgan fingerprint density at radius 2 is 1.96 bits per heavy atom. The summed E-state index contributed by atoms with van der Waals surface area (Å²) in [5, 5.41) is 9.79. The highest BCUT2D eigenvalue weighted by Crippen LogP contribution is 2.40. The van der Waals surface area contributed by atoms with E-state index in [1.165, 1.54) is 18.2 Å². The van der Waals surface area contributed by atoms with Crippen LogP contribution in [0.25, 0.3) is 0 Å². The Kier molecular flexibility index (Phi) is 5.58. The van der Waals surface area contributed by atoms with Crippen molar-refractivity contribution in [3.8, 4) is 0 Å². The number of carboxylic acid groups (broad SMARTS) is 1. The van der Waals surface area contributed by atoms with Crippen molar-refractivity contribution in [3.63, 3.8) is 0 Å². The highest BCUT2D eigenvalue weighted by Gasteiger charge is 2.44. The lowest BCUT2D eigenvalue weighted by molar-refractivity contribution is -0.153. The second kappa shape index (κ2) is 7.56. The predicted molar refractivity (Wildman–Crippen MR) is 89.8 cm³/mol. The molecule has 0 spiro atoms. The molecule has 2 heterocycles. The summed E-state index contributed by atoms with van der Waals surface area (Å²) in [6.07, 6.45) is -2.82. The third-order valence-electron chi connectivity index (χ3n) is 5.66. The number of hydrogen-bond donors (Lipinski definition) is 1. The lowest BCUT2D eigenvalue weighted by atomic mass is 9.73. The lowest BCUT2D eigenvalue weighted by Gasteiger charge is -2.40. The van der Waals surface area contributed by atoms with Gasteiger partial charge in [0.1, 0.15) is 0 Å². The zero-order valence-corrected chi connectivity index (χ0v) is 14.6. The lowest BCUT2D eigenvalue weighted by Crippen LogP contribution is -2.47. The molecule has 2 aliphatic heterocycles. The molecule has 1 atom stereocenters. The van der Waals surface area contributed by atoms with Crippen LogP contribution in [0.3, 0.4) is 0 Å². The molecular weight excluding hydrogens is 347 g/mol. The fraction of sp³-hybridized carbons (Fsp3) is 0.632. The first kappa shape index (κ1) is 19.2. The monoisotopic (exact) mass is 371 g/mol. The van der Waals surface area contributed by atoms with Crippen LogP contribution in [0, 0.1) is 11.3 Å². The fourth-order valence-corrected chi connectivity index (χ4v) is 4.04. The molecule has 2 fully saturated rings. The molecule has 0 saturated carbocycles. The maximum atomic E-state index is 13.3. The van der Waals surface area contributed by atoms with Gasteiger partial charge in [0.25, 0.3) is 0 Å². The van der Waals surface area contributed by atoms with Gasteiger partial charge in [0, 0.05) is 13.2 Å². The minimum absolute atomic E-state index is 0.0695. The summed E-state index contributed by atoms with van der Waals surface area (Å²) in [5.41, 5.74) is -1.80. The first-order valence-corrected chi connectivity index (χ1v) is 8.99. The van der Waals surface area contributed by atoms with E-state index >= 15 is 0 Å². The van der Waals surface area contributed by atoms with Crippen LogP contribution in [0.5, 0.6) is 0 Å². The molecule has 7 heteroatoms. The summed E-state index contributed by atoms with van der Waals surface area (Å²) < 4.78 is 45.1. The number of benzene rings is 1. The molecule has 0 radical (unpaired) electrons. The molecule has 0 amide bonds. The summed E-state index contributed by atoms with van der Waals surface area (Å²) in [7, 11) is 0. The Morgan fingerprint density at radius 1 is 1.27 bits per heavy atom. The van der Waals surface area contributed by atoms with Gasteiger partial charge in [-0.15, -0.1) is 0 Å². The van der Waals surface area contributed by atoms with Crippen LogP contribution in [-0.2, 0) is 22.1 Å². The van der Waals surface area contributed by atoms with E-state index in [4.69, 9.17) is 4.74 Å². The first-order valence-electron chi connectivity index (χ1n) is 8.99. The first-order chi connectivity index (χ1) is 12.3. The Balaban J connectivity index is 1.71. The van der Waals surface area contributed by atoms with Crippen LogP contribution in [0.15, 0.2) is 24.3 Å². The number of piperidine rings is 1. The van der Waals surface area contributed by atoms with Gasteiger partial charge < -0.3 is 14.7 Å². The number of alkyl halides is 3. The van der Waals surface area contributed by atoms with Crippen molar-refractivity contribution in [2.75, 3.05) is 32.8 Å². The van der Waals surface area contributed by atoms with E-state index < -0.39 is 23.1 Å². The molecule has 0 bridgehead atoms. The number of carboxylic acids is 1. The molecule has 1 unspecified atom stereocenters.